The summed E-state index contributed by atoms with van der Waals surface area (Å²) in [5.74, 6) is 0.208. The minimum Gasteiger partial charge on any atom is -0.371 e. The first kappa shape index (κ1) is 13.7. The van der Waals surface area contributed by atoms with Gasteiger partial charge in [0.25, 0.3) is 0 Å². The van der Waals surface area contributed by atoms with Gasteiger partial charge in [-0.3, -0.25) is 0 Å². The second-order valence-corrected chi connectivity index (χ2v) is 7.53. The largest absolute Gasteiger partial charge is 0.371 e. The van der Waals surface area contributed by atoms with Crippen LogP contribution in [0.4, 0.5) is 0 Å². The number of rotatable bonds is 1. The Morgan fingerprint density at radius 3 is 2.79 bits per heavy atom. The van der Waals surface area contributed by atoms with E-state index in [1.54, 1.807) is 11.8 Å². The summed E-state index contributed by atoms with van der Waals surface area (Å²) in [5, 5.41) is 14.9. The number of hydrogen-bond donors (Lipinski definition) is 2. The highest BCUT2D eigenvalue weighted by Crippen LogP contribution is 2.50. The van der Waals surface area contributed by atoms with Gasteiger partial charge < -0.3 is 10.4 Å². The zero-order chi connectivity index (χ0) is 13.5. The van der Waals surface area contributed by atoms with Crippen LogP contribution in [-0.2, 0) is 0 Å². The van der Waals surface area contributed by atoms with Gasteiger partial charge in [-0.15, -0.1) is 0 Å². The Kier molecular flexibility index (Phi) is 3.78. The minimum absolute atomic E-state index is 0.208. The molecule has 1 heterocycles. The van der Waals surface area contributed by atoms with Crippen molar-refractivity contribution in [2.75, 3.05) is 0 Å². The van der Waals surface area contributed by atoms with Crippen molar-refractivity contribution in [1.82, 2.24) is 5.32 Å². The molecule has 1 saturated heterocycles. The van der Waals surface area contributed by atoms with Gasteiger partial charge in [-0.25, -0.2) is 0 Å². The van der Waals surface area contributed by atoms with Gasteiger partial charge in [0.05, 0.1) is 0 Å². The van der Waals surface area contributed by atoms with Gasteiger partial charge in [-0.05, 0) is 37.0 Å². The summed E-state index contributed by atoms with van der Waals surface area (Å²) >= 11 is 12.9. The summed E-state index contributed by atoms with van der Waals surface area (Å²) < 4.78 is 0.695. The highest BCUT2D eigenvalue weighted by molar-refractivity contribution is 8.23. The number of thioether (sulfide) groups is 1. The van der Waals surface area contributed by atoms with E-state index in [1.165, 1.54) is 12.0 Å². The van der Waals surface area contributed by atoms with E-state index < -0.39 is 5.72 Å². The van der Waals surface area contributed by atoms with Crippen LogP contribution in [0.2, 0.25) is 5.02 Å². The Balaban J connectivity index is 1.94. The molecule has 0 amide bonds. The predicted molar refractivity (Wildman–Crippen MR) is 84.4 cm³/mol. The molecule has 5 heteroatoms. The predicted octanol–water partition coefficient (Wildman–Crippen LogP) is 3.88. The molecule has 1 saturated carbocycles. The fraction of sp³-hybridized carbons (Fsp3) is 0.500. The average Bonchev–Trinajstić information content (AvgIpc) is 2.37. The molecule has 1 aliphatic carbocycles. The van der Waals surface area contributed by atoms with Crippen LogP contribution in [0.15, 0.2) is 24.3 Å². The van der Waals surface area contributed by atoms with Crippen molar-refractivity contribution in [3.8, 4) is 0 Å². The molecule has 0 radical (unpaired) electrons. The fourth-order valence-electron chi connectivity index (χ4n) is 3.10. The highest BCUT2D eigenvalue weighted by Gasteiger charge is 2.48. The minimum atomic E-state index is -0.828. The van der Waals surface area contributed by atoms with E-state index >= 15 is 0 Å². The lowest BCUT2D eigenvalue weighted by Gasteiger charge is -2.48. The van der Waals surface area contributed by atoms with Crippen LogP contribution in [-0.4, -0.2) is 15.2 Å². The number of thiocarbonyl (C=S) groups is 1. The maximum atomic E-state index is 10.8. The summed E-state index contributed by atoms with van der Waals surface area (Å²) in [4.78, 5) is 0. The molecule has 0 unspecified atom stereocenters. The lowest BCUT2D eigenvalue weighted by atomic mass is 9.77. The summed E-state index contributed by atoms with van der Waals surface area (Å²) in [5.41, 5.74) is 0.369. The van der Waals surface area contributed by atoms with E-state index in [0.29, 0.717) is 4.32 Å². The van der Waals surface area contributed by atoms with E-state index in [2.05, 4.69) is 5.32 Å². The molecule has 2 aliphatic rings. The zero-order valence-corrected chi connectivity index (χ0v) is 12.8. The van der Waals surface area contributed by atoms with E-state index in [0.717, 1.165) is 24.3 Å². The van der Waals surface area contributed by atoms with Gasteiger partial charge in [0.2, 0.25) is 0 Å². The normalized spacial score (nSPS) is 34.5. The first-order valence-corrected chi connectivity index (χ1v) is 8.22. The van der Waals surface area contributed by atoms with Crippen molar-refractivity contribution >= 4 is 39.9 Å². The van der Waals surface area contributed by atoms with Crippen LogP contribution in [0.1, 0.15) is 36.5 Å². The van der Waals surface area contributed by atoms with Crippen molar-refractivity contribution < 1.29 is 5.11 Å². The van der Waals surface area contributed by atoms with E-state index in [-0.39, 0.29) is 11.2 Å². The number of fused-ring (bicyclic) bond motifs is 1. The van der Waals surface area contributed by atoms with Crippen LogP contribution in [0, 0.1) is 5.92 Å². The molecule has 3 atom stereocenters. The van der Waals surface area contributed by atoms with Crippen LogP contribution < -0.4 is 5.32 Å². The van der Waals surface area contributed by atoms with Gasteiger partial charge in [0.15, 0.2) is 0 Å². The maximum Gasteiger partial charge on any atom is 0.140 e. The third-order valence-corrected chi connectivity index (χ3v) is 5.87. The summed E-state index contributed by atoms with van der Waals surface area (Å²) in [6.07, 6.45) is 4.04. The molecule has 0 spiro atoms. The van der Waals surface area contributed by atoms with Gasteiger partial charge in [0, 0.05) is 16.2 Å². The molecule has 1 aromatic carbocycles. The quantitative estimate of drug-likeness (QED) is 0.771. The van der Waals surface area contributed by atoms with Crippen LogP contribution in [0.25, 0.3) is 0 Å². The average molecular weight is 314 g/mol. The van der Waals surface area contributed by atoms with Gasteiger partial charge in [-0.2, -0.15) is 0 Å². The van der Waals surface area contributed by atoms with Crippen molar-refractivity contribution in [1.29, 1.82) is 0 Å². The van der Waals surface area contributed by atoms with Gasteiger partial charge >= 0.3 is 0 Å². The third kappa shape index (κ3) is 2.64. The fourth-order valence-corrected chi connectivity index (χ4v) is 5.00. The van der Waals surface area contributed by atoms with Crippen LogP contribution >= 0.6 is 35.6 Å². The molecule has 19 heavy (non-hydrogen) atoms. The smallest absolute Gasteiger partial charge is 0.140 e. The lowest BCUT2D eigenvalue weighted by Crippen LogP contribution is -2.58. The van der Waals surface area contributed by atoms with Crippen molar-refractivity contribution in [2.45, 2.75) is 36.7 Å². The molecule has 102 valence electrons. The molecular formula is C14H16ClNOS2. The standard InChI is InChI=1S/C14H16ClNOS2/c15-10-6-4-9(5-7-10)12-11-3-1-2-8-14(11,17)16-13(18)19-12/h4-7,11-12,17H,1-3,8H2,(H,16,18)/t11-,12-,14+/m1/s1. The Bertz CT molecular complexity index is 493. The lowest BCUT2D eigenvalue weighted by molar-refractivity contribution is -0.0632. The monoisotopic (exact) mass is 313 g/mol. The summed E-state index contributed by atoms with van der Waals surface area (Å²) in [7, 11) is 0. The SMILES string of the molecule is O[C@@]12CCCC[C@@H]1[C@@H](c1ccc(Cl)cc1)SC(=S)N2. The first-order valence-electron chi connectivity index (χ1n) is 6.55. The zero-order valence-electron chi connectivity index (χ0n) is 10.4. The molecule has 1 aromatic rings. The second kappa shape index (κ2) is 5.24. The summed E-state index contributed by atoms with van der Waals surface area (Å²) in [6.45, 7) is 0. The summed E-state index contributed by atoms with van der Waals surface area (Å²) in [6, 6.07) is 7.90. The molecule has 3 rings (SSSR count). The highest BCUT2D eigenvalue weighted by atomic mass is 35.5. The second-order valence-electron chi connectivity index (χ2n) is 5.28. The number of aliphatic hydroxyl groups is 1. The topological polar surface area (TPSA) is 32.3 Å². The van der Waals surface area contributed by atoms with E-state index in [1.807, 2.05) is 24.3 Å². The number of benzene rings is 1. The molecule has 0 aromatic heterocycles. The van der Waals surface area contributed by atoms with Crippen molar-refractivity contribution in [3.63, 3.8) is 0 Å². The van der Waals surface area contributed by atoms with Crippen LogP contribution in [0.3, 0.4) is 0 Å². The first-order chi connectivity index (χ1) is 9.08. The molecule has 2 N–H and O–H groups in total. The molecular weight excluding hydrogens is 298 g/mol. The Morgan fingerprint density at radius 1 is 1.32 bits per heavy atom. The van der Waals surface area contributed by atoms with Gasteiger partial charge in [0.1, 0.15) is 10.0 Å². The molecule has 0 bridgehead atoms. The van der Waals surface area contributed by atoms with E-state index in [9.17, 15) is 5.11 Å². The Morgan fingerprint density at radius 2 is 2.05 bits per heavy atom. The number of halogens is 1. The Labute approximate surface area is 127 Å². The molecule has 1 aliphatic heterocycles. The number of nitrogens with one attached hydrogen (secondary N) is 1. The van der Waals surface area contributed by atoms with Crippen LogP contribution in [0.5, 0.6) is 0 Å². The third-order valence-electron chi connectivity index (χ3n) is 4.05. The van der Waals surface area contributed by atoms with Crippen molar-refractivity contribution in [3.05, 3.63) is 34.9 Å². The maximum absolute atomic E-state index is 10.8. The molecule has 2 fully saturated rings. The van der Waals surface area contributed by atoms with Gasteiger partial charge in [-0.1, -0.05) is 54.1 Å². The number of hydrogen-bond acceptors (Lipinski definition) is 3. The van der Waals surface area contributed by atoms with E-state index in [4.69, 9.17) is 23.8 Å². The molecule has 2 nitrogen and oxygen atoms in total. The van der Waals surface area contributed by atoms with Crippen molar-refractivity contribution in [2.24, 2.45) is 5.92 Å². The Hall–Kier alpha value is -0.290.